The van der Waals surface area contributed by atoms with Crippen molar-refractivity contribution in [2.45, 2.75) is 37.8 Å². The highest BCUT2D eigenvalue weighted by Gasteiger charge is 2.09. The molecule has 0 fully saturated rings. The highest BCUT2D eigenvalue weighted by molar-refractivity contribution is 8.00. The fourth-order valence-corrected chi connectivity index (χ4v) is 2.48. The van der Waals surface area contributed by atoms with Gasteiger partial charge in [-0.1, -0.05) is 17.7 Å². The zero-order chi connectivity index (χ0) is 13.7. The van der Waals surface area contributed by atoms with Gasteiger partial charge in [-0.2, -0.15) is 0 Å². The number of hydrogen-bond acceptors (Lipinski definition) is 3. The Morgan fingerprint density at radius 3 is 2.61 bits per heavy atom. The molecule has 0 aliphatic carbocycles. The average Bonchev–Trinajstić information content (AvgIpc) is 2.26. The largest absolute Gasteiger partial charge is 0.389 e. The van der Waals surface area contributed by atoms with Gasteiger partial charge in [0.25, 0.3) is 0 Å². The highest BCUT2D eigenvalue weighted by atomic mass is 35.5. The SMILES string of the molecule is CC(C)NC(=O)CSc1ccc([C@H](C)O)cc1Cl. The third-order valence-corrected chi connectivity index (χ3v) is 3.75. The van der Waals surface area contributed by atoms with Crippen LogP contribution in [0.5, 0.6) is 0 Å². The molecule has 5 heteroatoms. The molecule has 0 radical (unpaired) electrons. The van der Waals surface area contributed by atoms with Crippen LogP contribution in [0.25, 0.3) is 0 Å². The fraction of sp³-hybridized carbons (Fsp3) is 0.462. The Hall–Kier alpha value is -0.710. The van der Waals surface area contributed by atoms with Crippen LogP contribution in [0.3, 0.4) is 0 Å². The Morgan fingerprint density at radius 1 is 1.44 bits per heavy atom. The maximum Gasteiger partial charge on any atom is 0.230 e. The first-order valence-electron chi connectivity index (χ1n) is 5.80. The van der Waals surface area contributed by atoms with Crippen molar-refractivity contribution in [3.8, 4) is 0 Å². The summed E-state index contributed by atoms with van der Waals surface area (Å²) in [6.07, 6.45) is -0.536. The molecule has 0 aromatic heterocycles. The lowest BCUT2D eigenvalue weighted by atomic mass is 10.1. The van der Waals surface area contributed by atoms with Crippen molar-refractivity contribution in [3.63, 3.8) is 0 Å². The van der Waals surface area contributed by atoms with Crippen molar-refractivity contribution in [1.82, 2.24) is 5.32 Å². The van der Waals surface area contributed by atoms with E-state index in [1.165, 1.54) is 11.8 Å². The van der Waals surface area contributed by atoms with Gasteiger partial charge in [-0.3, -0.25) is 4.79 Å². The standard InChI is InChI=1S/C13H18ClNO2S/c1-8(2)15-13(17)7-18-12-5-4-10(9(3)16)6-11(12)14/h4-6,8-9,16H,7H2,1-3H3,(H,15,17)/t9-/m0/s1. The first-order valence-corrected chi connectivity index (χ1v) is 7.16. The summed E-state index contributed by atoms with van der Waals surface area (Å²) < 4.78 is 0. The lowest BCUT2D eigenvalue weighted by molar-refractivity contribution is -0.119. The monoisotopic (exact) mass is 287 g/mol. The number of hydrogen-bond donors (Lipinski definition) is 2. The third-order valence-electron chi connectivity index (χ3n) is 2.25. The lowest BCUT2D eigenvalue weighted by Crippen LogP contribution is -2.31. The van der Waals surface area contributed by atoms with Crippen LogP contribution in [0, 0.1) is 0 Å². The van der Waals surface area contributed by atoms with Crippen LogP contribution in [-0.2, 0) is 4.79 Å². The number of nitrogens with one attached hydrogen (secondary N) is 1. The molecule has 1 amide bonds. The summed E-state index contributed by atoms with van der Waals surface area (Å²) in [5, 5.41) is 12.8. The molecule has 0 bridgehead atoms. The molecule has 1 atom stereocenters. The average molecular weight is 288 g/mol. The Morgan fingerprint density at radius 2 is 2.11 bits per heavy atom. The van der Waals surface area contributed by atoms with Gasteiger partial charge in [0.05, 0.1) is 16.9 Å². The van der Waals surface area contributed by atoms with Crippen molar-refractivity contribution in [2.75, 3.05) is 5.75 Å². The van der Waals surface area contributed by atoms with Crippen molar-refractivity contribution in [3.05, 3.63) is 28.8 Å². The zero-order valence-electron chi connectivity index (χ0n) is 10.7. The van der Waals surface area contributed by atoms with E-state index < -0.39 is 6.10 Å². The van der Waals surface area contributed by atoms with Crippen LogP contribution in [0.4, 0.5) is 0 Å². The summed E-state index contributed by atoms with van der Waals surface area (Å²) in [6.45, 7) is 5.54. The van der Waals surface area contributed by atoms with E-state index in [0.717, 1.165) is 10.5 Å². The molecule has 3 nitrogen and oxygen atoms in total. The van der Waals surface area contributed by atoms with Crippen molar-refractivity contribution < 1.29 is 9.90 Å². The zero-order valence-corrected chi connectivity index (χ0v) is 12.3. The number of amides is 1. The van der Waals surface area contributed by atoms with Gasteiger partial charge in [-0.25, -0.2) is 0 Å². The molecular weight excluding hydrogens is 270 g/mol. The minimum atomic E-state index is -0.536. The number of halogens is 1. The van der Waals surface area contributed by atoms with E-state index in [0.29, 0.717) is 10.8 Å². The van der Waals surface area contributed by atoms with E-state index in [2.05, 4.69) is 5.32 Å². The first kappa shape index (κ1) is 15.3. The Labute approximate surface area is 117 Å². The maximum atomic E-state index is 11.5. The fourth-order valence-electron chi connectivity index (χ4n) is 1.40. The van der Waals surface area contributed by atoms with Crippen LogP contribution in [0.1, 0.15) is 32.4 Å². The van der Waals surface area contributed by atoms with Gasteiger partial charge in [-0.15, -0.1) is 11.8 Å². The van der Waals surface area contributed by atoms with Crippen LogP contribution in [0.15, 0.2) is 23.1 Å². The van der Waals surface area contributed by atoms with Crippen LogP contribution >= 0.6 is 23.4 Å². The Balaban J connectivity index is 2.60. The quantitative estimate of drug-likeness (QED) is 0.819. The van der Waals surface area contributed by atoms with Crippen LogP contribution < -0.4 is 5.32 Å². The van der Waals surface area contributed by atoms with Gasteiger partial charge in [-0.05, 0) is 38.5 Å². The van der Waals surface area contributed by atoms with Crippen molar-refractivity contribution in [2.24, 2.45) is 0 Å². The molecule has 18 heavy (non-hydrogen) atoms. The molecule has 100 valence electrons. The lowest BCUT2D eigenvalue weighted by Gasteiger charge is -2.10. The second kappa shape index (κ2) is 7.02. The summed E-state index contributed by atoms with van der Waals surface area (Å²) in [5.41, 5.74) is 0.774. The summed E-state index contributed by atoms with van der Waals surface area (Å²) >= 11 is 7.49. The Kier molecular flexibility index (Phi) is 5.99. The summed E-state index contributed by atoms with van der Waals surface area (Å²) in [4.78, 5) is 12.3. The van der Waals surface area contributed by atoms with Crippen molar-refractivity contribution in [1.29, 1.82) is 0 Å². The van der Waals surface area contributed by atoms with E-state index >= 15 is 0 Å². The van der Waals surface area contributed by atoms with Gasteiger partial charge in [0, 0.05) is 10.9 Å². The van der Waals surface area contributed by atoms with Crippen molar-refractivity contribution >= 4 is 29.3 Å². The molecule has 1 rings (SSSR count). The number of carbonyl (C=O) groups excluding carboxylic acids is 1. The molecule has 0 saturated carbocycles. The maximum absolute atomic E-state index is 11.5. The summed E-state index contributed by atoms with van der Waals surface area (Å²) in [5.74, 6) is 0.331. The predicted octanol–water partition coefficient (Wildman–Crippen LogP) is 3.01. The van der Waals surface area contributed by atoms with E-state index in [1.54, 1.807) is 13.0 Å². The third kappa shape index (κ3) is 4.88. The molecule has 0 aliphatic heterocycles. The van der Waals surface area contributed by atoms with Gasteiger partial charge in [0.1, 0.15) is 0 Å². The molecule has 1 aromatic rings. The van der Waals surface area contributed by atoms with Crippen LogP contribution in [-0.4, -0.2) is 22.8 Å². The molecule has 2 N–H and O–H groups in total. The predicted molar refractivity (Wildman–Crippen MR) is 76.1 cm³/mol. The number of thioether (sulfide) groups is 1. The number of carbonyl (C=O) groups is 1. The minimum Gasteiger partial charge on any atom is -0.389 e. The minimum absolute atomic E-state index is 0.00864. The number of aliphatic hydroxyl groups is 1. The van der Waals surface area contributed by atoms with Gasteiger partial charge in [0.15, 0.2) is 0 Å². The highest BCUT2D eigenvalue weighted by Crippen LogP contribution is 2.29. The van der Waals surface area contributed by atoms with E-state index in [9.17, 15) is 9.90 Å². The van der Waals surface area contributed by atoms with Crippen LogP contribution in [0.2, 0.25) is 5.02 Å². The molecule has 0 heterocycles. The second-order valence-corrected chi connectivity index (χ2v) is 5.80. The topological polar surface area (TPSA) is 49.3 Å². The van der Waals surface area contributed by atoms with E-state index in [-0.39, 0.29) is 11.9 Å². The van der Waals surface area contributed by atoms with Gasteiger partial charge >= 0.3 is 0 Å². The smallest absolute Gasteiger partial charge is 0.230 e. The second-order valence-electron chi connectivity index (χ2n) is 4.38. The molecule has 1 aromatic carbocycles. The molecular formula is C13H18ClNO2S. The summed E-state index contributed by atoms with van der Waals surface area (Å²) in [6, 6.07) is 5.53. The molecule has 0 saturated heterocycles. The summed E-state index contributed by atoms with van der Waals surface area (Å²) in [7, 11) is 0. The van der Waals surface area contributed by atoms with Gasteiger partial charge in [0.2, 0.25) is 5.91 Å². The Bertz CT molecular complexity index is 421. The van der Waals surface area contributed by atoms with E-state index in [4.69, 9.17) is 11.6 Å². The normalized spacial score (nSPS) is 12.6. The molecule has 0 spiro atoms. The molecule has 0 aliphatic rings. The van der Waals surface area contributed by atoms with Gasteiger partial charge < -0.3 is 10.4 Å². The molecule has 0 unspecified atom stereocenters. The number of benzene rings is 1. The first-order chi connectivity index (χ1) is 8.40. The number of rotatable bonds is 5. The number of aliphatic hydroxyl groups excluding tert-OH is 1. The van der Waals surface area contributed by atoms with E-state index in [1.807, 2.05) is 26.0 Å².